The fourth-order valence-electron chi connectivity index (χ4n) is 4.34. The van der Waals surface area contributed by atoms with Crippen LogP contribution in [0.3, 0.4) is 0 Å². The van der Waals surface area contributed by atoms with E-state index < -0.39 is 30.5 Å². The van der Waals surface area contributed by atoms with Crippen LogP contribution in [0.1, 0.15) is 23.6 Å². The Morgan fingerprint density at radius 2 is 1.16 bits per heavy atom. The molecule has 1 amide bonds. The molecule has 0 bridgehead atoms. The van der Waals surface area contributed by atoms with Gasteiger partial charge in [-0.2, -0.15) is 0 Å². The summed E-state index contributed by atoms with van der Waals surface area (Å²) in [7, 11) is 0. The molecule has 1 aliphatic rings. The largest absolute Gasteiger partial charge is 0.368 e. The van der Waals surface area contributed by atoms with Crippen LogP contribution >= 0.6 is 0 Å². The number of rotatable bonds is 12. The monoisotopic (exact) mass is 503 g/mol. The molecule has 37 heavy (non-hydrogen) atoms. The Balaban J connectivity index is 1.60. The van der Waals surface area contributed by atoms with E-state index in [0.29, 0.717) is 13.2 Å². The summed E-state index contributed by atoms with van der Waals surface area (Å²) in [5.41, 5.74) is 2.94. The Kier molecular flexibility index (Phi) is 9.97. The summed E-state index contributed by atoms with van der Waals surface area (Å²) >= 11 is 0. The van der Waals surface area contributed by atoms with Crippen LogP contribution in [-0.4, -0.2) is 49.3 Å². The van der Waals surface area contributed by atoms with E-state index in [1.54, 1.807) is 0 Å². The summed E-state index contributed by atoms with van der Waals surface area (Å²) in [6.45, 7) is 2.52. The third-order valence-corrected chi connectivity index (χ3v) is 6.21. The van der Waals surface area contributed by atoms with Crippen LogP contribution in [0.4, 0.5) is 0 Å². The molecule has 0 spiro atoms. The van der Waals surface area contributed by atoms with Crippen molar-refractivity contribution < 1.29 is 28.5 Å². The predicted molar refractivity (Wildman–Crippen MR) is 138 cm³/mol. The zero-order valence-electron chi connectivity index (χ0n) is 20.9. The molecule has 194 valence electrons. The van der Waals surface area contributed by atoms with Gasteiger partial charge in [-0.25, -0.2) is 0 Å². The van der Waals surface area contributed by atoms with Crippen LogP contribution in [-0.2, 0) is 48.4 Å². The summed E-state index contributed by atoms with van der Waals surface area (Å²) in [5, 5.41) is 2.80. The van der Waals surface area contributed by atoms with Crippen LogP contribution in [0.25, 0.3) is 0 Å². The van der Waals surface area contributed by atoms with E-state index in [0.717, 1.165) is 23.0 Å². The second-order valence-corrected chi connectivity index (χ2v) is 9.00. The van der Waals surface area contributed by atoms with E-state index in [1.807, 2.05) is 91.0 Å². The summed E-state index contributed by atoms with van der Waals surface area (Å²) in [4.78, 5) is 23.9. The van der Waals surface area contributed by atoms with Gasteiger partial charge in [-0.1, -0.05) is 91.0 Å². The number of aldehydes is 1. The maximum absolute atomic E-state index is 12.2. The van der Waals surface area contributed by atoms with Crippen molar-refractivity contribution in [3.8, 4) is 0 Å². The molecule has 1 N–H and O–H groups in total. The molecule has 0 radical (unpaired) electrons. The highest BCUT2D eigenvalue weighted by molar-refractivity contribution is 5.72. The van der Waals surface area contributed by atoms with Gasteiger partial charge in [-0.3, -0.25) is 4.79 Å². The van der Waals surface area contributed by atoms with E-state index in [2.05, 4.69) is 5.32 Å². The smallest absolute Gasteiger partial charge is 0.216 e. The van der Waals surface area contributed by atoms with Gasteiger partial charge in [0.05, 0.1) is 19.8 Å². The molecule has 7 heteroatoms. The number of amides is 1. The van der Waals surface area contributed by atoms with E-state index in [9.17, 15) is 9.59 Å². The van der Waals surface area contributed by atoms with Gasteiger partial charge in [0.25, 0.3) is 0 Å². The zero-order valence-corrected chi connectivity index (χ0v) is 20.9. The van der Waals surface area contributed by atoms with Crippen molar-refractivity contribution in [3.63, 3.8) is 0 Å². The molecule has 0 aliphatic carbocycles. The standard InChI is InChI=1S/C30H33NO6/c1-22(33)31-17-26-28(34-19-23-11-5-2-6-12-23)30(36-21-25-15-9-4-10-16-25)29(27(18-32)37-26)35-20-24-13-7-3-8-14-24/h2-16,18,26-30H,17,19-21H2,1H3,(H,31,33). The van der Waals surface area contributed by atoms with Gasteiger partial charge in [0.15, 0.2) is 6.29 Å². The maximum atomic E-state index is 12.2. The van der Waals surface area contributed by atoms with Crippen LogP contribution in [0.5, 0.6) is 0 Å². The fraction of sp³-hybridized carbons (Fsp3) is 0.333. The lowest BCUT2D eigenvalue weighted by atomic mass is 9.94. The molecule has 1 heterocycles. The fourth-order valence-corrected chi connectivity index (χ4v) is 4.34. The van der Waals surface area contributed by atoms with Crippen molar-refractivity contribution in [3.05, 3.63) is 108 Å². The Morgan fingerprint density at radius 3 is 1.59 bits per heavy atom. The summed E-state index contributed by atoms with van der Waals surface area (Å²) in [6.07, 6.45) is -2.71. The van der Waals surface area contributed by atoms with Crippen LogP contribution in [0.15, 0.2) is 91.0 Å². The van der Waals surface area contributed by atoms with Crippen molar-refractivity contribution in [1.82, 2.24) is 5.32 Å². The van der Waals surface area contributed by atoms with E-state index >= 15 is 0 Å². The summed E-state index contributed by atoms with van der Waals surface area (Å²) < 4.78 is 25.3. The van der Waals surface area contributed by atoms with E-state index in [-0.39, 0.29) is 19.1 Å². The van der Waals surface area contributed by atoms with E-state index in [1.165, 1.54) is 6.92 Å². The van der Waals surface area contributed by atoms with Gasteiger partial charge in [-0.05, 0) is 16.7 Å². The Hall–Kier alpha value is -3.36. The number of carbonyl (C=O) groups is 2. The number of hydrogen-bond acceptors (Lipinski definition) is 6. The molecule has 0 aromatic heterocycles. The molecule has 3 aromatic carbocycles. The van der Waals surface area contributed by atoms with Crippen LogP contribution < -0.4 is 5.32 Å². The van der Waals surface area contributed by atoms with Crippen molar-refractivity contribution in [1.29, 1.82) is 0 Å². The maximum Gasteiger partial charge on any atom is 0.216 e. The third kappa shape index (κ3) is 7.81. The summed E-state index contributed by atoms with van der Waals surface area (Å²) in [6, 6.07) is 29.3. The normalized spacial score (nSPS) is 23.3. The van der Waals surface area contributed by atoms with Gasteiger partial charge in [0.1, 0.15) is 30.5 Å². The molecule has 5 atom stereocenters. The number of ether oxygens (including phenoxy) is 4. The molecule has 4 rings (SSSR count). The second-order valence-electron chi connectivity index (χ2n) is 9.00. The minimum absolute atomic E-state index is 0.176. The molecule has 0 saturated carbocycles. The highest BCUT2D eigenvalue weighted by atomic mass is 16.6. The highest BCUT2D eigenvalue weighted by Gasteiger charge is 2.48. The SMILES string of the molecule is CC(=O)NCC1OC(C=O)C(OCc2ccccc2)C(OCc2ccccc2)C1OCc1ccccc1. The van der Waals surface area contributed by atoms with Gasteiger partial charge in [0, 0.05) is 13.5 Å². The molecular weight excluding hydrogens is 470 g/mol. The van der Waals surface area contributed by atoms with Crippen molar-refractivity contribution in [2.24, 2.45) is 0 Å². The first-order valence-electron chi connectivity index (χ1n) is 12.5. The minimum Gasteiger partial charge on any atom is -0.368 e. The molecule has 1 fully saturated rings. The summed E-state index contributed by atoms with van der Waals surface area (Å²) in [5.74, 6) is -0.197. The molecule has 5 unspecified atom stereocenters. The highest BCUT2D eigenvalue weighted by Crippen LogP contribution is 2.30. The van der Waals surface area contributed by atoms with Crippen molar-refractivity contribution in [2.45, 2.75) is 57.3 Å². The topological polar surface area (TPSA) is 83.1 Å². The molecule has 1 aliphatic heterocycles. The molecule has 3 aromatic rings. The van der Waals surface area contributed by atoms with Crippen molar-refractivity contribution >= 4 is 12.2 Å². The van der Waals surface area contributed by atoms with Gasteiger partial charge < -0.3 is 29.1 Å². The number of benzene rings is 3. The van der Waals surface area contributed by atoms with E-state index in [4.69, 9.17) is 18.9 Å². The van der Waals surface area contributed by atoms with Crippen LogP contribution in [0.2, 0.25) is 0 Å². The number of carbonyl (C=O) groups excluding carboxylic acids is 2. The van der Waals surface area contributed by atoms with Gasteiger partial charge in [-0.15, -0.1) is 0 Å². The lowest BCUT2D eigenvalue weighted by molar-refractivity contribution is -0.255. The average Bonchev–Trinajstić information content (AvgIpc) is 2.94. The van der Waals surface area contributed by atoms with Crippen LogP contribution in [0, 0.1) is 0 Å². The average molecular weight is 504 g/mol. The lowest BCUT2D eigenvalue weighted by Crippen LogP contribution is -2.62. The molecule has 1 saturated heterocycles. The quantitative estimate of drug-likeness (QED) is 0.378. The predicted octanol–water partition coefficient (Wildman–Crippen LogP) is 3.85. The van der Waals surface area contributed by atoms with Crippen molar-refractivity contribution in [2.75, 3.05) is 6.54 Å². The van der Waals surface area contributed by atoms with Gasteiger partial charge >= 0.3 is 0 Å². The Bertz CT molecular complexity index is 1090. The Morgan fingerprint density at radius 1 is 0.730 bits per heavy atom. The second kappa shape index (κ2) is 13.8. The van der Waals surface area contributed by atoms with Gasteiger partial charge in [0.2, 0.25) is 5.91 Å². The zero-order chi connectivity index (χ0) is 25.9. The third-order valence-electron chi connectivity index (χ3n) is 6.21. The Labute approximate surface area is 217 Å². The first kappa shape index (κ1) is 26.7. The minimum atomic E-state index is -0.889. The molecule has 7 nitrogen and oxygen atoms in total. The first-order valence-corrected chi connectivity index (χ1v) is 12.5. The number of nitrogens with one attached hydrogen (secondary N) is 1. The molecular formula is C30H33NO6. The number of hydrogen-bond donors (Lipinski definition) is 1. The lowest BCUT2D eigenvalue weighted by Gasteiger charge is -2.45. The first-order chi connectivity index (χ1) is 18.1.